The summed E-state index contributed by atoms with van der Waals surface area (Å²) in [5.41, 5.74) is 6.72. The first-order valence-corrected chi connectivity index (χ1v) is 6.54. The number of methoxy groups -OCH3 is 1. The molecule has 1 aromatic carbocycles. The van der Waals surface area contributed by atoms with Gasteiger partial charge in [0.1, 0.15) is 5.75 Å². The number of aliphatic hydroxyl groups is 1. The van der Waals surface area contributed by atoms with Crippen LogP contribution in [0.2, 0.25) is 0 Å². The highest BCUT2D eigenvalue weighted by Gasteiger charge is 2.29. The Balaban J connectivity index is 2.18. The number of carbonyl (C=O) groups is 1. The van der Waals surface area contributed by atoms with Crippen molar-refractivity contribution in [3.8, 4) is 5.75 Å². The highest BCUT2D eigenvalue weighted by Crippen LogP contribution is 2.22. The summed E-state index contributed by atoms with van der Waals surface area (Å²) >= 11 is 0. The Hall–Kier alpha value is -1.79. The van der Waals surface area contributed by atoms with Gasteiger partial charge in [-0.1, -0.05) is 0 Å². The van der Waals surface area contributed by atoms with Crippen LogP contribution in [0.25, 0.3) is 0 Å². The molecule has 2 atom stereocenters. The lowest BCUT2D eigenvalue weighted by Crippen LogP contribution is -2.50. The first-order valence-electron chi connectivity index (χ1n) is 6.54. The van der Waals surface area contributed by atoms with Gasteiger partial charge in [0.25, 0.3) is 5.91 Å². The van der Waals surface area contributed by atoms with Crippen molar-refractivity contribution in [2.45, 2.75) is 19.1 Å². The normalized spacial score (nSPS) is 22.6. The minimum Gasteiger partial charge on any atom is -0.497 e. The number of carbonyl (C=O) groups excluding carboxylic acids is 1. The molecule has 6 nitrogen and oxygen atoms in total. The number of nitrogens with zero attached hydrogens (tertiary/aromatic N) is 1. The number of amides is 1. The van der Waals surface area contributed by atoms with Crippen molar-refractivity contribution in [3.05, 3.63) is 23.8 Å². The van der Waals surface area contributed by atoms with Crippen LogP contribution in [0.15, 0.2) is 18.2 Å². The predicted octanol–water partition coefficient (Wildman–Crippen LogP) is 0.499. The number of benzene rings is 1. The molecule has 1 amide bonds. The molecule has 6 heteroatoms. The molecule has 2 unspecified atom stereocenters. The molecule has 0 spiro atoms. The summed E-state index contributed by atoms with van der Waals surface area (Å²) in [5, 5.41) is 9.20. The lowest BCUT2D eigenvalue weighted by Gasteiger charge is -2.36. The van der Waals surface area contributed by atoms with Crippen LogP contribution in [0.3, 0.4) is 0 Å². The van der Waals surface area contributed by atoms with Crippen molar-refractivity contribution in [1.29, 1.82) is 0 Å². The summed E-state index contributed by atoms with van der Waals surface area (Å²) in [6.07, 6.45) is -0.452. The second-order valence-corrected chi connectivity index (χ2v) is 4.91. The van der Waals surface area contributed by atoms with Gasteiger partial charge in [0.2, 0.25) is 0 Å². The molecule has 110 valence electrons. The standard InChI is InChI=1S/C14H20N2O4/c1-9-6-16(7-11(8-17)20-9)14(18)12-4-3-10(19-2)5-13(12)15/h3-5,9,11,17H,6-8,15H2,1-2H3. The number of rotatable bonds is 3. The molecule has 0 aliphatic carbocycles. The third-order valence-electron chi connectivity index (χ3n) is 3.31. The Morgan fingerprint density at radius 3 is 2.90 bits per heavy atom. The van der Waals surface area contributed by atoms with Crippen molar-refractivity contribution in [1.82, 2.24) is 4.90 Å². The van der Waals surface area contributed by atoms with E-state index in [4.69, 9.17) is 15.2 Å². The molecule has 1 fully saturated rings. The molecule has 0 radical (unpaired) electrons. The van der Waals surface area contributed by atoms with Crippen LogP contribution in [-0.4, -0.2) is 54.9 Å². The van der Waals surface area contributed by atoms with E-state index in [1.54, 1.807) is 30.2 Å². The minimum atomic E-state index is -0.345. The smallest absolute Gasteiger partial charge is 0.256 e. The van der Waals surface area contributed by atoms with E-state index in [-0.39, 0.29) is 24.7 Å². The van der Waals surface area contributed by atoms with Gasteiger partial charge < -0.3 is 25.2 Å². The first-order chi connectivity index (χ1) is 9.55. The first kappa shape index (κ1) is 14.6. The van der Waals surface area contributed by atoms with Crippen LogP contribution in [0, 0.1) is 0 Å². The fourth-order valence-corrected chi connectivity index (χ4v) is 2.34. The van der Waals surface area contributed by atoms with Gasteiger partial charge in [-0.2, -0.15) is 0 Å². The van der Waals surface area contributed by atoms with E-state index >= 15 is 0 Å². The number of aliphatic hydroxyl groups excluding tert-OH is 1. The fourth-order valence-electron chi connectivity index (χ4n) is 2.34. The van der Waals surface area contributed by atoms with Gasteiger partial charge in [-0.05, 0) is 19.1 Å². The molecule has 1 heterocycles. The predicted molar refractivity (Wildman–Crippen MR) is 74.7 cm³/mol. The molecule has 20 heavy (non-hydrogen) atoms. The fraction of sp³-hybridized carbons (Fsp3) is 0.500. The summed E-state index contributed by atoms with van der Waals surface area (Å²) in [4.78, 5) is 14.2. The van der Waals surface area contributed by atoms with Crippen molar-refractivity contribution in [3.63, 3.8) is 0 Å². The van der Waals surface area contributed by atoms with E-state index in [0.717, 1.165) is 0 Å². The molecule has 1 saturated heterocycles. The monoisotopic (exact) mass is 280 g/mol. The van der Waals surface area contributed by atoms with Gasteiger partial charge in [-0.3, -0.25) is 4.79 Å². The van der Waals surface area contributed by atoms with Gasteiger partial charge in [-0.15, -0.1) is 0 Å². The summed E-state index contributed by atoms with van der Waals surface area (Å²) in [6.45, 7) is 2.62. The molecule has 3 N–H and O–H groups in total. The lowest BCUT2D eigenvalue weighted by molar-refractivity contribution is -0.0858. The van der Waals surface area contributed by atoms with Crippen molar-refractivity contribution in [2.24, 2.45) is 0 Å². The summed E-state index contributed by atoms with van der Waals surface area (Å²) in [7, 11) is 1.55. The van der Waals surface area contributed by atoms with E-state index in [1.807, 2.05) is 6.92 Å². The van der Waals surface area contributed by atoms with E-state index in [9.17, 15) is 9.90 Å². The maximum Gasteiger partial charge on any atom is 0.256 e. The molecule has 1 aromatic rings. The van der Waals surface area contributed by atoms with Crippen LogP contribution in [0.4, 0.5) is 5.69 Å². The van der Waals surface area contributed by atoms with Crippen LogP contribution >= 0.6 is 0 Å². The molecular formula is C14H20N2O4. The third kappa shape index (κ3) is 3.02. The summed E-state index contributed by atoms with van der Waals surface area (Å²) in [5.74, 6) is 0.460. The van der Waals surface area contributed by atoms with Crippen LogP contribution in [0.1, 0.15) is 17.3 Å². The van der Waals surface area contributed by atoms with Gasteiger partial charge in [0.15, 0.2) is 0 Å². The minimum absolute atomic E-state index is 0.105. The van der Waals surface area contributed by atoms with Crippen LogP contribution in [-0.2, 0) is 4.74 Å². The molecule has 1 aliphatic heterocycles. The highest BCUT2D eigenvalue weighted by molar-refractivity contribution is 5.99. The Labute approximate surface area is 118 Å². The number of hydrogen-bond acceptors (Lipinski definition) is 5. The number of nitrogens with two attached hydrogens (primary N) is 1. The van der Waals surface area contributed by atoms with Crippen LogP contribution < -0.4 is 10.5 Å². The van der Waals surface area contributed by atoms with E-state index in [0.29, 0.717) is 30.1 Å². The van der Waals surface area contributed by atoms with Crippen molar-refractivity contribution in [2.75, 3.05) is 32.5 Å². The quantitative estimate of drug-likeness (QED) is 0.788. The average Bonchev–Trinajstić information content (AvgIpc) is 2.45. The van der Waals surface area contributed by atoms with E-state index in [1.165, 1.54) is 0 Å². The topological polar surface area (TPSA) is 85.0 Å². The molecular weight excluding hydrogens is 260 g/mol. The summed E-state index contributed by atoms with van der Waals surface area (Å²) in [6, 6.07) is 4.99. The molecule has 2 rings (SSSR count). The van der Waals surface area contributed by atoms with Gasteiger partial charge in [-0.25, -0.2) is 0 Å². The average molecular weight is 280 g/mol. The SMILES string of the molecule is COc1ccc(C(=O)N2CC(C)OC(CO)C2)c(N)c1. The molecule has 0 bridgehead atoms. The van der Waals surface area contributed by atoms with Gasteiger partial charge in [0, 0.05) is 24.8 Å². The van der Waals surface area contributed by atoms with Gasteiger partial charge >= 0.3 is 0 Å². The number of hydrogen-bond donors (Lipinski definition) is 2. The molecule has 0 saturated carbocycles. The van der Waals surface area contributed by atoms with Crippen molar-refractivity contribution >= 4 is 11.6 Å². The second kappa shape index (κ2) is 6.11. The Kier molecular flexibility index (Phi) is 4.46. The number of nitrogen functional groups attached to an aromatic ring is 1. The zero-order valence-electron chi connectivity index (χ0n) is 11.7. The Bertz CT molecular complexity index is 492. The maximum absolute atomic E-state index is 12.5. The number of anilines is 1. The second-order valence-electron chi connectivity index (χ2n) is 4.91. The largest absolute Gasteiger partial charge is 0.497 e. The third-order valence-corrected chi connectivity index (χ3v) is 3.31. The maximum atomic E-state index is 12.5. The van der Waals surface area contributed by atoms with Crippen LogP contribution in [0.5, 0.6) is 5.75 Å². The van der Waals surface area contributed by atoms with E-state index < -0.39 is 0 Å². The zero-order valence-corrected chi connectivity index (χ0v) is 11.7. The molecule has 0 aromatic heterocycles. The molecule has 1 aliphatic rings. The zero-order chi connectivity index (χ0) is 14.7. The highest BCUT2D eigenvalue weighted by atomic mass is 16.5. The number of morpholine rings is 1. The van der Waals surface area contributed by atoms with Gasteiger partial charge in [0.05, 0.1) is 31.5 Å². The lowest BCUT2D eigenvalue weighted by atomic mass is 10.1. The summed E-state index contributed by atoms with van der Waals surface area (Å²) < 4.78 is 10.6. The Morgan fingerprint density at radius 2 is 2.30 bits per heavy atom. The Morgan fingerprint density at radius 1 is 1.55 bits per heavy atom. The van der Waals surface area contributed by atoms with E-state index in [2.05, 4.69) is 0 Å². The number of ether oxygens (including phenoxy) is 2. The van der Waals surface area contributed by atoms with Crippen molar-refractivity contribution < 1.29 is 19.4 Å².